The van der Waals surface area contributed by atoms with Gasteiger partial charge in [0.1, 0.15) is 0 Å². The Kier molecular flexibility index (Phi) is 6.43. The summed E-state index contributed by atoms with van der Waals surface area (Å²) in [6.07, 6.45) is 0.648. The first-order valence-electron chi connectivity index (χ1n) is 5.11. The van der Waals surface area contributed by atoms with Gasteiger partial charge in [-0.2, -0.15) is 0 Å². The Morgan fingerprint density at radius 2 is 2.00 bits per heavy atom. The quantitative estimate of drug-likeness (QED) is 0.675. The molecule has 1 atom stereocenters. The van der Waals surface area contributed by atoms with Gasteiger partial charge >= 0.3 is 0 Å². The second-order valence-electron chi connectivity index (χ2n) is 3.84. The maximum absolute atomic E-state index is 11.6. The first-order valence-corrected chi connectivity index (χ1v) is 5.51. The number of carbonyl (C=O) groups excluding carboxylic acids is 1. The molecule has 0 fully saturated rings. The van der Waals surface area contributed by atoms with Crippen molar-refractivity contribution < 1.29 is 4.79 Å². The molecule has 5 heteroatoms. The van der Waals surface area contributed by atoms with Gasteiger partial charge in [-0.1, -0.05) is 12.2 Å². The van der Waals surface area contributed by atoms with Crippen molar-refractivity contribution in [2.75, 3.05) is 27.2 Å². The zero-order valence-corrected chi connectivity index (χ0v) is 10.8. The highest BCUT2D eigenvalue weighted by Gasteiger charge is 2.15. The Labute approximate surface area is 97.4 Å². The molecule has 4 nitrogen and oxygen atoms in total. The summed E-state index contributed by atoms with van der Waals surface area (Å²) >= 11 is 4.83. The van der Waals surface area contributed by atoms with Crippen LogP contribution in [0.15, 0.2) is 0 Å². The van der Waals surface area contributed by atoms with Gasteiger partial charge < -0.3 is 10.6 Å². The number of hydrogen-bond acceptors (Lipinski definition) is 3. The lowest BCUT2D eigenvalue weighted by Crippen LogP contribution is -2.41. The Hall–Kier alpha value is -0.680. The molecule has 0 bridgehead atoms. The Bertz CT molecular complexity index is 233. The molecule has 0 aliphatic rings. The SMILES string of the molecule is CCN(C)C(=O)CN(C)C(C)CC(N)=S. The molecule has 0 rings (SSSR count). The molecule has 0 radical (unpaired) electrons. The Morgan fingerprint density at radius 3 is 2.40 bits per heavy atom. The summed E-state index contributed by atoms with van der Waals surface area (Å²) in [5.41, 5.74) is 5.46. The van der Waals surface area contributed by atoms with Crippen molar-refractivity contribution in [1.82, 2.24) is 9.80 Å². The van der Waals surface area contributed by atoms with Crippen molar-refractivity contribution in [3.8, 4) is 0 Å². The Morgan fingerprint density at radius 1 is 1.47 bits per heavy atom. The standard InChI is InChI=1S/C10H21N3OS/c1-5-12(3)10(14)7-13(4)8(2)6-9(11)15/h8H,5-7H2,1-4H3,(H2,11,15). The van der Waals surface area contributed by atoms with Crippen LogP contribution in [-0.2, 0) is 4.79 Å². The average Bonchev–Trinajstić information content (AvgIpc) is 2.15. The minimum atomic E-state index is 0.120. The molecule has 0 heterocycles. The molecule has 1 unspecified atom stereocenters. The van der Waals surface area contributed by atoms with Crippen molar-refractivity contribution in [3.05, 3.63) is 0 Å². The van der Waals surface area contributed by atoms with E-state index in [9.17, 15) is 4.79 Å². The molecular formula is C10H21N3OS. The highest BCUT2D eigenvalue weighted by atomic mass is 32.1. The van der Waals surface area contributed by atoms with Crippen LogP contribution < -0.4 is 5.73 Å². The normalized spacial score (nSPS) is 12.6. The van der Waals surface area contributed by atoms with E-state index < -0.39 is 0 Å². The van der Waals surface area contributed by atoms with Gasteiger partial charge in [0.2, 0.25) is 5.91 Å². The fourth-order valence-electron chi connectivity index (χ4n) is 1.11. The lowest BCUT2D eigenvalue weighted by Gasteiger charge is -2.25. The first-order chi connectivity index (χ1) is 6.88. The van der Waals surface area contributed by atoms with Crippen LogP contribution in [0.5, 0.6) is 0 Å². The lowest BCUT2D eigenvalue weighted by atomic mass is 10.2. The third-order valence-electron chi connectivity index (χ3n) is 2.53. The number of likely N-dealkylation sites (N-methyl/N-ethyl adjacent to an activating group) is 2. The fourth-order valence-corrected chi connectivity index (χ4v) is 1.35. The van der Waals surface area contributed by atoms with E-state index in [1.54, 1.807) is 11.9 Å². The van der Waals surface area contributed by atoms with Crippen LogP contribution in [0, 0.1) is 0 Å². The summed E-state index contributed by atoms with van der Waals surface area (Å²) < 4.78 is 0. The molecule has 2 N–H and O–H groups in total. The van der Waals surface area contributed by atoms with Gasteiger partial charge in [0.15, 0.2) is 0 Å². The summed E-state index contributed by atoms with van der Waals surface area (Å²) in [4.78, 5) is 15.8. The number of hydrogen-bond donors (Lipinski definition) is 1. The summed E-state index contributed by atoms with van der Waals surface area (Å²) in [6, 6.07) is 0.205. The molecule has 88 valence electrons. The monoisotopic (exact) mass is 231 g/mol. The minimum Gasteiger partial charge on any atom is -0.393 e. The molecule has 0 spiro atoms. The van der Waals surface area contributed by atoms with Crippen molar-refractivity contribution >= 4 is 23.1 Å². The number of nitrogens with two attached hydrogens (primary N) is 1. The van der Waals surface area contributed by atoms with E-state index in [-0.39, 0.29) is 11.9 Å². The molecule has 0 aliphatic carbocycles. The zero-order chi connectivity index (χ0) is 12.0. The second-order valence-corrected chi connectivity index (χ2v) is 4.37. The van der Waals surface area contributed by atoms with Crippen molar-refractivity contribution in [2.24, 2.45) is 5.73 Å². The van der Waals surface area contributed by atoms with Gasteiger partial charge in [-0.05, 0) is 20.9 Å². The van der Waals surface area contributed by atoms with E-state index in [1.807, 2.05) is 25.8 Å². The maximum atomic E-state index is 11.6. The van der Waals surface area contributed by atoms with Crippen LogP contribution in [0.25, 0.3) is 0 Å². The highest BCUT2D eigenvalue weighted by Crippen LogP contribution is 2.01. The second kappa shape index (κ2) is 6.74. The van der Waals surface area contributed by atoms with Crippen molar-refractivity contribution in [1.29, 1.82) is 0 Å². The van der Waals surface area contributed by atoms with Crippen molar-refractivity contribution in [3.63, 3.8) is 0 Å². The van der Waals surface area contributed by atoms with Gasteiger partial charge in [0.25, 0.3) is 0 Å². The van der Waals surface area contributed by atoms with Crippen LogP contribution in [0.2, 0.25) is 0 Å². The van der Waals surface area contributed by atoms with Gasteiger partial charge in [-0.25, -0.2) is 0 Å². The summed E-state index contributed by atoms with van der Waals surface area (Å²) in [5, 5.41) is 0. The number of thiocarbonyl (C=S) groups is 1. The third kappa shape index (κ3) is 5.69. The molecule has 0 saturated heterocycles. The third-order valence-corrected chi connectivity index (χ3v) is 2.70. The smallest absolute Gasteiger partial charge is 0.236 e. The molecular weight excluding hydrogens is 210 g/mol. The first kappa shape index (κ1) is 14.3. The number of amides is 1. The lowest BCUT2D eigenvalue weighted by molar-refractivity contribution is -0.131. The van der Waals surface area contributed by atoms with Gasteiger partial charge in [0.05, 0.1) is 11.5 Å². The molecule has 0 saturated carbocycles. The van der Waals surface area contributed by atoms with Crippen molar-refractivity contribution in [2.45, 2.75) is 26.3 Å². The largest absolute Gasteiger partial charge is 0.393 e. The molecule has 1 amide bonds. The van der Waals surface area contributed by atoms with Crippen LogP contribution in [0.1, 0.15) is 20.3 Å². The Balaban J connectivity index is 4.06. The fraction of sp³-hybridized carbons (Fsp3) is 0.800. The van der Waals surface area contributed by atoms with E-state index in [0.717, 1.165) is 6.54 Å². The number of rotatable bonds is 6. The summed E-state index contributed by atoms with van der Waals surface area (Å²) in [6.45, 7) is 5.11. The molecule has 0 aliphatic heterocycles. The van der Waals surface area contributed by atoms with E-state index in [1.165, 1.54) is 0 Å². The molecule has 15 heavy (non-hydrogen) atoms. The van der Waals surface area contributed by atoms with Crippen LogP contribution >= 0.6 is 12.2 Å². The molecule has 0 aromatic rings. The maximum Gasteiger partial charge on any atom is 0.236 e. The zero-order valence-electron chi connectivity index (χ0n) is 9.99. The minimum absolute atomic E-state index is 0.120. The van der Waals surface area contributed by atoms with Gasteiger partial charge in [-0.3, -0.25) is 9.69 Å². The van der Waals surface area contributed by atoms with E-state index in [0.29, 0.717) is 18.0 Å². The predicted octanol–water partition coefficient (Wildman–Crippen LogP) is 0.461. The molecule has 0 aromatic carbocycles. The molecule has 0 aromatic heterocycles. The predicted molar refractivity (Wildman–Crippen MR) is 66.8 cm³/mol. The van der Waals surface area contributed by atoms with E-state index >= 15 is 0 Å². The number of nitrogens with zero attached hydrogens (tertiary/aromatic N) is 2. The van der Waals surface area contributed by atoms with Gasteiger partial charge in [-0.15, -0.1) is 0 Å². The number of carbonyl (C=O) groups is 1. The van der Waals surface area contributed by atoms with E-state index in [2.05, 4.69) is 0 Å². The van der Waals surface area contributed by atoms with Crippen LogP contribution in [-0.4, -0.2) is 53.9 Å². The van der Waals surface area contributed by atoms with Crippen LogP contribution in [0.4, 0.5) is 0 Å². The summed E-state index contributed by atoms with van der Waals surface area (Å²) in [5.74, 6) is 0.120. The van der Waals surface area contributed by atoms with Gasteiger partial charge in [0, 0.05) is 26.1 Å². The average molecular weight is 231 g/mol. The van der Waals surface area contributed by atoms with E-state index in [4.69, 9.17) is 18.0 Å². The topological polar surface area (TPSA) is 49.6 Å². The highest BCUT2D eigenvalue weighted by molar-refractivity contribution is 7.80. The van der Waals surface area contributed by atoms with Crippen LogP contribution in [0.3, 0.4) is 0 Å². The summed E-state index contributed by atoms with van der Waals surface area (Å²) in [7, 11) is 3.71.